The van der Waals surface area contributed by atoms with E-state index in [4.69, 9.17) is 9.47 Å². The number of hydrogen-bond donors (Lipinski definition) is 0. The van der Waals surface area contributed by atoms with E-state index in [0.29, 0.717) is 0 Å². The first kappa shape index (κ1) is 23.7. The minimum atomic E-state index is -0.390. The van der Waals surface area contributed by atoms with Gasteiger partial charge >= 0.3 is 0 Å². The van der Waals surface area contributed by atoms with E-state index < -0.39 is 5.79 Å². The van der Waals surface area contributed by atoms with Crippen molar-refractivity contribution in [3.63, 3.8) is 0 Å². The van der Waals surface area contributed by atoms with Gasteiger partial charge in [-0.25, -0.2) is 0 Å². The molecule has 0 aliphatic heterocycles. The van der Waals surface area contributed by atoms with Gasteiger partial charge in [-0.3, -0.25) is 0 Å². The van der Waals surface area contributed by atoms with Crippen LogP contribution in [-0.2, 0) is 9.47 Å². The molecule has 0 amide bonds. The van der Waals surface area contributed by atoms with Crippen molar-refractivity contribution in [2.24, 2.45) is 0 Å². The Kier molecular flexibility index (Phi) is 15.9. The summed E-state index contributed by atoms with van der Waals surface area (Å²) < 4.78 is 11.9. The van der Waals surface area contributed by atoms with Crippen LogP contribution < -0.4 is 0 Å². The largest absolute Gasteiger partial charge is 0.353 e. The molecule has 1 unspecified atom stereocenters. The summed E-state index contributed by atoms with van der Waals surface area (Å²) in [5.74, 6) is -0.390. The van der Waals surface area contributed by atoms with E-state index in [2.05, 4.69) is 39.8 Å². The maximum absolute atomic E-state index is 6.13. The third-order valence-corrected chi connectivity index (χ3v) is 4.54. The second kappa shape index (κ2) is 16.1. The molecule has 1 radical (unpaired) electrons. The van der Waals surface area contributed by atoms with Gasteiger partial charge in [0.2, 0.25) is 0 Å². The molecule has 0 fully saturated rings. The fraction of sp³-hybridized carbons (Fsp3) is 0.864. The predicted octanol–water partition coefficient (Wildman–Crippen LogP) is 7.24. The smallest absolute Gasteiger partial charge is 0.168 e. The van der Waals surface area contributed by atoms with E-state index in [1.807, 2.05) is 0 Å². The summed E-state index contributed by atoms with van der Waals surface area (Å²) in [6, 6.07) is 0. The van der Waals surface area contributed by atoms with E-state index in [-0.39, 0.29) is 6.10 Å². The Balaban J connectivity index is 3.79. The van der Waals surface area contributed by atoms with Crippen LogP contribution in [0.1, 0.15) is 104 Å². The number of ether oxygens (including phenoxy) is 2. The lowest BCUT2D eigenvalue weighted by atomic mass is 9.99. The maximum atomic E-state index is 6.13. The molecule has 0 aliphatic carbocycles. The Labute approximate surface area is 152 Å². The van der Waals surface area contributed by atoms with Gasteiger partial charge in [0.25, 0.3) is 0 Å². The summed E-state index contributed by atoms with van der Waals surface area (Å²) in [6.45, 7) is 10.2. The van der Waals surface area contributed by atoms with Crippen LogP contribution in [0.5, 0.6) is 0 Å². The third kappa shape index (κ3) is 13.0. The van der Waals surface area contributed by atoms with E-state index in [0.717, 1.165) is 25.7 Å². The Morgan fingerprint density at radius 3 is 1.92 bits per heavy atom. The molecule has 0 aromatic heterocycles. The maximum Gasteiger partial charge on any atom is 0.168 e. The molecule has 0 rings (SSSR count). The molecule has 0 saturated carbocycles. The predicted molar refractivity (Wildman–Crippen MR) is 106 cm³/mol. The van der Waals surface area contributed by atoms with Crippen molar-refractivity contribution in [3.8, 4) is 0 Å². The third-order valence-electron chi connectivity index (χ3n) is 4.54. The average molecular weight is 340 g/mol. The molecule has 0 spiro atoms. The summed E-state index contributed by atoms with van der Waals surface area (Å²) in [6.07, 6.45) is 20.5. The second-order valence-electron chi connectivity index (χ2n) is 7.17. The zero-order chi connectivity index (χ0) is 18.1. The number of unbranched alkanes of at least 4 members (excludes halogenated alkanes) is 9. The molecule has 0 aromatic rings. The molecule has 2 nitrogen and oxygen atoms in total. The van der Waals surface area contributed by atoms with Gasteiger partial charge in [-0.05, 0) is 46.5 Å². The SMILES string of the molecule is [CH2]CCCC(CCCCCCCCCCC=CC)(OC)OC(C)C. The Morgan fingerprint density at radius 1 is 0.875 bits per heavy atom. The molecule has 0 aromatic carbocycles. The zero-order valence-electron chi connectivity index (χ0n) is 16.9. The zero-order valence-corrected chi connectivity index (χ0v) is 16.9. The van der Waals surface area contributed by atoms with Crippen molar-refractivity contribution in [1.29, 1.82) is 0 Å². The van der Waals surface area contributed by atoms with Crippen molar-refractivity contribution in [3.05, 3.63) is 19.1 Å². The van der Waals surface area contributed by atoms with Crippen LogP contribution in [0.15, 0.2) is 12.2 Å². The molecule has 1 atom stereocenters. The van der Waals surface area contributed by atoms with Crippen molar-refractivity contribution in [2.45, 2.75) is 116 Å². The van der Waals surface area contributed by atoms with E-state index in [9.17, 15) is 0 Å². The van der Waals surface area contributed by atoms with Crippen LogP contribution in [0, 0.1) is 6.92 Å². The first-order valence-corrected chi connectivity index (χ1v) is 10.2. The number of allylic oxidation sites excluding steroid dienone is 2. The molecule has 0 aliphatic rings. The highest BCUT2D eigenvalue weighted by molar-refractivity contribution is 4.76. The van der Waals surface area contributed by atoms with E-state index >= 15 is 0 Å². The quantitative estimate of drug-likeness (QED) is 0.158. The van der Waals surface area contributed by atoms with Gasteiger partial charge < -0.3 is 9.47 Å². The molecular formula is C22H43O2. The number of hydrogen-bond acceptors (Lipinski definition) is 2. The molecule has 0 bridgehead atoms. The lowest BCUT2D eigenvalue weighted by Crippen LogP contribution is -2.37. The summed E-state index contributed by atoms with van der Waals surface area (Å²) >= 11 is 0. The second-order valence-corrected chi connectivity index (χ2v) is 7.17. The standard InChI is InChI=1S/C22H43O2/c1-6-8-10-11-12-13-14-15-16-17-18-20-22(23-5,19-9-7-2)24-21(3)4/h6,8,21H,2,7,9-20H2,1,3-5H3. The average Bonchev–Trinajstić information content (AvgIpc) is 2.57. The van der Waals surface area contributed by atoms with Crippen LogP contribution in [0.4, 0.5) is 0 Å². The van der Waals surface area contributed by atoms with Gasteiger partial charge in [-0.1, -0.05) is 64.0 Å². The van der Waals surface area contributed by atoms with Crippen LogP contribution in [0.2, 0.25) is 0 Å². The summed E-state index contributed by atoms with van der Waals surface area (Å²) in [4.78, 5) is 0. The summed E-state index contributed by atoms with van der Waals surface area (Å²) in [5, 5.41) is 0. The van der Waals surface area contributed by atoms with Crippen LogP contribution in [0.25, 0.3) is 0 Å². The Hall–Kier alpha value is -0.340. The number of rotatable bonds is 17. The molecule has 2 heteroatoms. The van der Waals surface area contributed by atoms with Crippen LogP contribution in [-0.4, -0.2) is 19.0 Å². The van der Waals surface area contributed by atoms with E-state index in [1.165, 1.54) is 57.8 Å². The van der Waals surface area contributed by atoms with Gasteiger partial charge in [0.05, 0.1) is 6.10 Å². The summed E-state index contributed by atoms with van der Waals surface area (Å²) in [7, 11) is 1.79. The Bertz CT molecular complexity index is 286. The summed E-state index contributed by atoms with van der Waals surface area (Å²) in [5.41, 5.74) is 0. The Morgan fingerprint density at radius 2 is 1.42 bits per heavy atom. The van der Waals surface area contributed by atoms with Crippen molar-refractivity contribution >= 4 is 0 Å². The highest BCUT2D eigenvalue weighted by atomic mass is 16.7. The number of methoxy groups -OCH3 is 1. The van der Waals surface area contributed by atoms with Gasteiger partial charge in [0, 0.05) is 20.0 Å². The molecule has 143 valence electrons. The van der Waals surface area contributed by atoms with E-state index in [1.54, 1.807) is 7.11 Å². The first-order valence-electron chi connectivity index (χ1n) is 10.2. The minimum absolute atomic E-state index is 0.206. The molecule has 0 heterocycles. The fourth-order valence-electron chi connectivity index (χ4n) is 3.20. The molecule has 0 saturated heterocycles. The van der Waals surface area contributed by atoms with Crippen molar-refractivity contribution in [1.82, 2.24) is 0 Å². The lowest BCUT2D eigenvalue weighted by Gasteiger charge is -2.34. The normalized spacial score (nSPS) is 14.6. The highest BCUT2D eigenvalue weighted by Gasteiger charge is 2.30. The van der Waals surface area contributed by atoms with Crippen molar-refractivity contribution < 1.29 is 9.47 Å². The van der Waals surface area contributed by atoms with Crippen LogP contribution in [0.3, 0.4) is 0 Å². The monoisotopic (exact) mass is 339 g/mol. The van der Waals surface area contributed by atoms with Gasteiger partial charge in [0.15, 0.2) is 5.79 Å². The minimum Gasteiger partial charge on any atom is -0.353 e. The highest BCUT2D eigenvalue weighted by Crippen LogP contribution is 2.29. The molecule has 0 N–H and O–H groups in total. The first-order chi connectivity index (χ1) is 11.6. The van der Waals surface area contributed by atoms with Gasteiger partial charge in [-0.2, -0.15) is 0 Å². The molecular weight excluding hydrogens is 296 g/mol. The van der Waals surface area contributed by atoms with Gasteiger partial charge in [-0.15, -0.1) is 0 Å². The molecule has 24 heavy (non-hydrogen) atoms. The fourth-order valence-corrected chi connectivity index (χ4v) is 3.20. The van der Waals surface area contributed by atoms with Gasteiger partial charge in [0.1, 0.15) is 0 Å². The van der Waals surface area contributed by atoms with Crippen LogP contribution >= 0.6 is 0 Å². The lowest BCUT2D eigenvalue weighted by molar-refractivity contribution is -0.248. The van der Waals surface area contributed by atoms with Crippen molar-refractivity contribution in [2.75, 3.05) is 7.11 Å². The topological polar surface area (TPSA) is 18.5 Å².